The summed E-state index contributed by atoms with van der Waals surface area (Å²) in [5.74, 6) is 0. The minimum Gasteiger partial charge on any atom is -0.350 e. The summed E-state index contributed by atoms with van der Waals surface area (Å²) in [7, 11) is 2.08. The van der Waals surface area contributed by atoms with Gasteiger partial charge in [-0.3, -0.25) is 0 Å². The molecule has 1 aromatic carbocycles. The van der Waals surface area contributed by atoms with Crippen LogP contribution >= 0.6 is 0 Å². The molecule has 3 heteroatoms. The van der Waals surface area contributed by atoms with Gasteiger partial charge in [-0.15, -0.1) is 0 Å². The van der Waals surface area contributed by atoms with Crippen molar-refractivity contribution in [3.8, 4) is 0 Å². The molecule has 0 aliphatic rings. The summed E-state index contributed by atoms with van der Waals surface area (Å²) >= 11 is 0. The number of hydrogen-bond acceptors (Lipinski definition) is 1. The van der Waals surface area contributed by atoms with Crippen LogP contribution in [0.15, 0.2) is 49.2 Å². The van der Waals surface area contributed by atoms with Crippen molar-refractivity contribution in [2.45, 2.75) is 6.54 Å². The van der Waals surface area contributed by atoms with Crippen molar-refractivity contribution < 1.29 is 0 Å². The van der Waals surface area contributed by atoms with Gasteiger partial charge in [0.25, 0.3) is 0 Å². The van der Waals surface area contributed by atoms with E-state index in [0.29, 0.717) is 0 Å². The van der Waals surface area contributed by atoms with Crippen LogP contribution in [0.5, 0.6) is 0 Å². The molecule has 2 heterocycles. The fourth-order valence-corrected chi connectivity index (χ4v) is 2.13. The first-order chi connectivity index (χ1) is 7.84. The number of benzene rings is 1. The minimum absolute atomic E-state index is 0.876. The minimum atomic E-state index is 0.876. The second-order valence-corrected chi connectivity index (χ2v) is 4.02. The van der Waals surface area contributed by atoms with Gasteiger partial charge < -0.3 is 9.13 Å². The molecule has 0 aliphatic heterocycles. The highest BCUT2D eigenvalue weighted by Crippen LogP contribution is 2.20. The molecule has 0 spiro atoms. The summed E-state index contributed by atoms with van der Waals surface area (Å²) in [5.41, 5.74) is 2.61. The first-order valence-electron chi connectivity index (χ1n) is 5.33. The fraction of sp³-hybridized carbons (Fsp3) is 0.154. The average molecular weight is 211 g/mol. The smallest absolute Gasteiger partial charge is 0.0949 e. The summed E-state index contributed by atoms with van der Waals surface area (Å²) in [6, 6.07) is 8.47. The van der Waals surface area contributed by atoms with Gasteiger partial charge in [-0.25, -0.2) is 4.98 Å². The lowest BCUT2D eigenvalue weighted by atomic mass is 10.2. The van der Waals surface area contributed by atoms with Gasteiger partial charge in [0.2, 0.25) is 0 Å². The monoisotopic (exact) mass is 211 g/mol. The predicted octanol–water partition coefficient (Wildman–Crippen LogP) is 2.42. The maximum atomic E-state index is 4.06. The summed E-state index contributed by atoms with van der Waals surface area (Å²) in [6.07, 6.45) is 7.83. The van der Waals surface area contributed by atoms with Crippen LogP contribution in [0, 0.1) is 0 Å². The van der Waals surface area contributed by atoms with Crippen LogP contribution in [0.25, 0.3) is 10.9 Å². The maximum Gasteiger partial charge on any atom is 0.0949 e. The van der Waals surface area contributed by atoms with Crippen molar-refractivity contribution in [2.24, 2.45) is 7.05 Å². The quantitative estimate of drug-likeness (QED) is 0.638. The molecular weight excluding hydrogens is 198 g/mol. The number of hydrogen-bond donors (Lipinski definition) is 0. The SMILES string of the molecule is Cn1cc(Cn2ccnc2)c2ccccc21. The van der Waals surface area contributed by atoms with E-state index in [1.165, 1.54) is 16.5 Å². The highest BCUT2D eigenvalue weighted by atomic mass is 15.0. The Labute approximate surface area is 94.0 Å². The third-order valence-electron chi connectivity index (χ3n) is 2.89. The summed E-state index contributed by atoms with van der Waals surface area (Å²) < 4.78 is 4.25. The summed E-state index contributed by atoms with van der Waals surface area (Å²) in [4.78, 5) is 4.06. The van der Waals surface area contributed by atoms with Crippen molar-refractivity contribution >= 4 is 10.9 Å². The topological polar surface area (TPSA) is 22.8 Å². The molecule has 0 amide bonds. The number of aromatic nitrogens is 3. The molecule has 3 nitrogen and oxygen atoms in total. The number of fused-ring (bicyclic) bond motifs is 1. The Morgan fingerprint density at radius 1 is 1.25 bits per heavy atom. The van der Waals surface area contributed by atoms with Crippen LogP contribution in [0.2, 0.25) is 0 Å². The van der Waals surface area contributed by atoms with Crippen molar-refractivity contribution in [3.63, 3.8) is 0 Å². The Morgan fingerprint density at radius 2 is 2.12 bits per heavy atom. The number of aryl methyl sites for hydroxylation is 1. The van der Waals surface area contributed by atoms with Gasteiger partial charge in [-0.05, 0) is 11.6 Å². The van der Waals surface area contributed by atoms with E-state index in [1.54, 1.807) is 0 Å². The fourth-order valence-electron chi connectivity index (χ4n) is 2.13. The van der Waals surface area contributed by atoms with Crippen LogP contribution < -0.4 is 0 Å². The van der Waals surface area contributed by atoms with E-state index in [9.17, 15) is 0 Å². The van der Waals surface area contributed by atoms with E-state index in [0.717, 1.165) is 6.54 Å². The third-order valence-corrected chi connectivity index (χ3v) is 2.89. The van der Waals surface area contributed by atoms with Gasteiger partial charge in [-0.2, -0.15) is 0 Å². The molecule has 0 saturated carbocycles. The summed E-state index contributed by atoms with van der Waals surface area (Å²) in [6.45, 7) is 0.876. The zero-order valence-corrected chi connectivity index (χ0v) is 9.17. The Bertz CT molecular complexity index is 605. The van der Waals surface area contributed by atoms with Gasteiger partial charge in [0.15, 0.2) is 0 Å². The predicted molar refractivity (Wildman–Crippen MR) is 64.2 cm³/mol. The molecule has 3 aromatic rings. The van der Waals surface area contributed by atoms with E-state index in [1.807, 2.05) is 18.7 Å². The van der Waals surface area contributed by atoms with Gasteiger partial charge in [0.05, 0.1) is 12.9 Å². The number of rotatable bonds is 2. The second kappa shape index (κ2) is 3.52. The van der Waals surface area contributed by atoms with Crippen molar-refractivity contribution in [2.75, 3.05) is 0 Å². The Morgan fingerprint density at radius 3 is 2.94 bits per heavy atom. The number of para-hydroxylation sites is 1. The molecule has 0 unspecified atom stereocenters. The lowest BCUT2D eigenvalue weighted by molar-refractivity contribution is 0.796. The lowest BCUT2D eigenvalue weighted by Gasteiger charge is -1.99. The Kier molecular flexibility index (Phi) is 2.03. The number of nitrogens with zero attached hydrogens (tertiary/aromatic N) is 3. The van der Waals surface area contributed by atoms with E-state index < -0.39 is 0 Å². The maximum absolute atomic E-state index is 4.06. The molecule has 0 atom stereocenters. The summed E-state index contributed by atoms with van der Waals surface area (Å²) in [5, 5.41) is 1.32. The first-order valence-corrected chi connectivity index (χ1v) is 5.33. The van der Waals surface area contributed by atoms with Crippen molar-refractivity contribution in [1.29, 1.82) is 0 Å². The van der Waals surface area contributed by atoms with Crippen molar-refractivity contribution in [3.05, 3.63) is 54.7 Å². The lowest BCUT2D eigenvalue weighted by Crippen LogP contribution is -1.95. The van der Waals surface area contributed by atoms with E-state index >= 15 is 0 Å². The normalized spacial score (nSPS) is 11.1. The molecule has 0 bridgehead atoms. The average Bonchev–Trinajstić information content (AvgIpc) is 2.90. The number of imidazole rings is 1. The molecule has 0 radical (unpaired) electrons. The molecular formula is C13H13N3. The zero-order chi connectivity index (χ0) is 11.0. The molecule has 0 N–H and O–H groups in total. The van der Waals surface area contributed by atoms with Crippen LogP contribution in [-0.2, 0) is 13.6 Å². The zero-order valence-electron chi connectivity index (χ0n) is 9.17. The third kappa shape index (κ3) is 1.41. The highest BCUT2D eigenvalue weighted by Gasteiger charge is 2.05. The van der Waals surface area contributed by atoms with Gasteiger partial charge in [0.1, 0.15) is 0 Å². The first kappa shape index (κ1) is 9.21. The molecule has 0 saturated heterocycles. The van der Waals surface area contributed by atoms with Crippen molar-refractivity contribution in [1.82, 2.24) is 14.1 Å². The standard InChI is InChI=1S/C13H13N3/c1-15-8-11(9-16-7-6-14-10-16)12-4-2-3-5-13(12)15/h2-8,10H,9H2,1H3. The highest BCUT2D eigenvalue weighted by molar-refractivity contribution is 5.83. The van der Waals surface area contributed by atoms with E-state index in [4.69, 9.17) is 0 Å². The molecule has 0 fully saturated rings. The van der Waals surface area contributed by atoms with Crippen LogP contribution in [-0.4, -0.2) is 14.1 Å². The van der Waals surface area contributed by atoms with Gasteiger partial charge in [-0.1, -0.05) is 18.2 Å². The van der Waals surface area contributed by atoms with Gasteiger partial charge >= 0.3 is 0 Å². The van der Waals surface area contributed by atoms with Gasteiger partial charge in [0, 0.05) is 36.5 Å². The van der Waals surface area contributed by atoms with E-state index in [2.05, 4.69) is 51.6 Å². The Balaban J connectivity index is 2.10. The molecule has 2 aromatic heterocycles. The Hall–Kier alpha value is -2.03. The van der Waals surface area contributed by atoms with E-state index in [-0.39, 0.29) is 0 Å². The molecule has 80 valence electrons. The second-order valence-electron chi connectivity index (χ2n) is 4.02. The molecule has 3 rings (SSSR count). The van der Waals surface area contributed by atoms with Crippen LogP contribution in [0.3, 0.4) is 0 Å². The molecule has 0 aliphatic carbocycles. The van der Waals surface area contributed by atoms with Crippen LogP contribution in [0.1, 0.15) is 5.56 Å². The molecule has 16 heavy (non-hydrogen) atoms. The van der Waals surface area contributed by atoms with Crippen LogP contribution in [0.4, 0.5) is 0 Å². The largest absolute Gasteiger partial charge is 0.350 e.